The number of ether oxygens (including phenoxy) is 2. The summed E-state index contributed by atoms with van der Waals surface area (Å²) in [6.45, 7) is 5.90. The van der Waals surface area contributed by atoms with Crippen molar-refractivity contribution in [1.29, 1.82) is 0 Å². The summed E-state index contributed by atoms with van der Waals surface area (Å²) in [5.41, 5.74) is -0.201. The average Bonchev–Trinajstić information content (AvgIpc) is 2.95. The highest BCUT2D eigenvalue weighted by molar-refractivity contribution is 4.99. The fourth-order valence-corrected chi connectivity index (χ4v) is 2.97. The van der Waals surface area contributed by atoms with Gasteiger partial charge in [-0.25, -0.2) is 0 Å². The normalized spacial score (nSPS) is 44.8. The minimum absolute atomic E-state index is 0.0293. The standard InChI is InChI=1S/C12H21NO2/c1-11(2)7-12(8-15-11)13-10(5-6-14-12)9-3-4-9/h9-10,13H,3-8H2,1-2H3. The molecule has 1 saturated carbocycles. The molecule has 0 aromatic carbocycles. The predicted octanol–water partition coefficient (Wildman–Crippen LogP) is 1.67. The van der Waals surface area contributed by atoms with Crippen LogP contribution in [0.1, 0.15) is 39.5 Å². The van der Waals surface area contributed by atoms with E-state index in [2.05, 4.69) is 19.2 Å². The third kappa shape index (κ3) is 1.93. The highest BCUT2D eigenvalue weighted by Crippen LogP contribution is 2.41. The molecule has 0 bridgehead atoms. The lowest BCUT2D eigenvalue weighted by Gasteiger charge is -2.39. The zero-order valence-electron chi connectivity index (χ0n) is 9.71. The van der Waals surface area contributed by atoms with Crippen molar-refractivity contribution in [3.63, 3.8) is 0 Å². The Labute approximate surface area is 91.5 Å². The van der Waals surface area contributed by atoms with Crippen molar-refractivity contribution in [1.82, 2.24) is 5.32 Å². The topological polar surface area (TPSA) is 30.5 Å². The van der Waals surface area contributed by atoms with Gasteiger partial charge in [0.2, 0.25) is 0 Å². The van der Waals surface area contributed by atoms with E-state index in [1.54, 1.807) is 0 Å². The summed E-state index contributed by atoms with van der Waals surface area (Å²) in [6.07, 6.45) is 4.95. The van der Waals surface area contributed by atoms with E-state index < -0.39 is 0 Å². The van der Waals surface area contributed by atoms with Crippen LogP contribution < -0.4 is 5.32 Å². The molecule has 2 aliphatic heterocycles. The first-order valence-corrected chi connectivity index (χ1v) is 6.14. The molecule has 0 amide bonds. The highest BCUT2D eigenvalue weighted by atomic mass is 16.6. The SMILES string of the molecule is CC1(C)CC2(CO1)NC(C1CC1)CCO2. The molecule has 3 nitrogen and oxygen atoms in total. The molecule has 1 spiro atoms. The largest absolute Gasteiger partial charge is 0.371 e. The summed E-state index contributed by atoms with van der Waals surface area (Å²) in [6, 6.07) is 0.677. The maximum atomic E-state index is 5.93. The van der Waals surface area contributed by atoms with Crippen molar-refractivity contribution < 1.29 is 9.47 Å². The van der Waals surface area contributed by atoms with Crippen LogP contribution in [0.4, 0.5) is 0 Å². The van der Waals surface area contributed by atoms with Gasteiger partial charge in [-0.15, -0.1) is 0 Å². The minimum Gasteiger partial charge on any atom is -0.371 e. The molecule has 2 unspecified atom stereocenters. The van der Waals surface area contributed by atoms with Crippen LogP contribution >= 0.6 is 0 Å². The molecule has 2 atom stereocenters. The minimum atomic E-state index is -0.172. The quantitative estimate of drug-likeness (QED) is 0.715. The van der Waals surface area contributed by atoms with E-state index in [1.807, 2.05) is 0 Å². The monoisotopic (exact) mass is 211 g/mol. The van der Waals surface area contributed by atoms with E-state index in [1.165, 1.54) is 19.3 Å². The summed E-state index contributed by atoms with van der Waals surface area (Å²) in [7, 11) is 0. The Morgan fingerprint density at radius 1 is 1.13 bits per heavy atom. The van der Waals surface area contributed by atoms with Crippen LogP contribution in [0, 0.1) is 5.92 Å². The van der Waals surface area contributed by atoms with Gasteiger partial charge in [0.25, 0.3) is 0 Å². The van der Waals surface area contributed by atoms with Gasteiger partial charge in [0, 0.05) is 12.5 Å². The Kier molecular flexibility index (Phi) is 2.14. The van der Waals surface area contributed by atoms with Gasteiger partial charge < -0.3 is 9.47 Å². The van der Waals surface area contributed by atoms with Crippen LogP contribution in [0.15, 0.2) is 0 Å². The van der Waals surface area contributed by atoms with Gasteiger partial charge >= 0.3 is 0 Å². The van der Waals surface area contributed by atoms with Gasteiger partial charge in [0.05, 0.1) is 18.8 Å². The smallest absolute Gasteiger partial charge is 0.145 e. The fourth-order valence-electron chi connectivity index (χ4n) is 2.97. The first-order valence-electron chi connectivity index (χ1n) is 6.14. The van der Waals surface area contributed by atoms with Crippen LogP contribution in [-0.4, -0.2) is 30.6 Å². The summed E-state index contributed by atoms with van der Waals surface area (Å²) in [4.78, 5) is 0. The molecule has 0 radical (unpaired) electrons. The zero-order valence-corrected chi connectivity index (χ0v) is 9.71. The molecular weight excluding hydrogens is 190 g/mol. The highest BCUT2D eigenvalue weighted by Gasteiger charge is 2.50. The van der Waals surface area contributed by atoms with Crippen molar-refractivity contribution in [3.8, 4) is 0 Å². The molecule has 3 fully saturated rings. The van der Waals surface area contributed by atoms with E-state index in [9.17, 15) is 0 Å². The summed E-state index contributed by atoms with van der Waals surface area (Å²) < 4.78 is 11.7. The second-order valence-corrected chi connectivity index (χ2v) is 5.94. The molecule has 2 saturated heterocycles. The summed E-state index contributed by atoms with van der Waals surface area (Å²) in [5.74, 6) is 0.912. The zero-order chi connectivity index (χ0) is 10.5. The molecule has 3 rings (SSSR count). The lowest BCUT2D eigenvalue weighted by Crippen LogP contribution is -2.58. The van der Waals surface area contributed by atoms with E-state index in [-0.39, 0.29) is 11.3 Å². The molecular formula is C12H21NO2. The number of nitrogens with one attached hydrogen (secondary N) is 1. The van der Waals surface area contributed by atoms with Gasteiger partial charge in [-0.05, 0) is 39.0 Å². The average molecular weight is 211 g/mol. The number of hydrogen-bond donors (Lipinski definition) is 1. The summed E-state index contributed by atoms with van der Waals surface area (Å²) in [5, 5.41) is 3.70. The van der Waals surface area contributed by atoms with Crippen molar-refractivity contribution in [2.45, 2.75) is 56.9 Å². The Hall–Kier alpha value is -0.120. The van der Waals surface area contributed by atoms with Crippen molar-refractivity contribution in [3.05, 3.63) is 0 Å². The number of rotatable bonds is 1. The Morgan fingerprint density at radius 2 is 1.93 bits per heavy atom. The lowest BCUT2D eigenvalue weighted by atomic mass is 9.96. The molecule has 1 N–H and O–H groups in total. The third-order valence-corrected chi connectivity index (χ3v) is 3.85. The molecule has 3 aliphatic rings. The van der Waals surface area contributed by atoms with Gasteiger partial charge in [-0.2, -0.15) is 0 Å². The van der Waals surface area contributed by atoms with Crippen LogP contribution in [0.25, 0.3) is 0 Å². The molecule has 0 aromatic heterocycles. The molecule has 3 heteroatoms. The van der Waals surface area contributed by atoms with E-state index in [0.717, 1.165) is 18.9 Å². The van der Waals surface area contributed by atoms with Crippen molar-refractivity contribution >= 4 is 0 Å². The van der Waals surface area contributed by atoms with Crippen LogP contribution in [0.2, 0.25) is 0 Å². The Morgan fingerprint density at radius 3 is 2.53 bits per heavy atom. The molecule has 2 heterocycles. The van der Waals surface area contributed by atoms with Crippen LogP contribution in [0.5, 0.6) is 0 Å². The van der Waals surface area contributed by atoms with E-state index in [4.69, 9.17) is 9.47 Å². The summed E-state index contributed by atoms with van der Waals surface area (Å²) >= 11 is 0. The van der Waals surface area contributed by atoms with Gasteiger partial charge in [0.1, 0.15) is 5.72 Å². The molecule has 86 valence electrons. The molecule has 0 aromatic rings. The van der Waals surface area contributed by atoms with Crippen molar-refractivity contribution in [2.75, 3.05) is 13.2 Å². The second-order valence-electron chi connectivity index (χ2n) is 5.94. The number of hydrogen-bond acceptors (Lipinski definition) is 3. The van der Waals surface area contributed by atoms with Gasteiger partial charge in [-0.3, -0.25) is 5.32 Å². The first-order chi connectivity index (χ1) is 7.09. The van der Waals surface area contributed by atoms with Crippen molar-refractivity contribution in [2.24, 2.45) is 5.92 Å². The van der Waals surface area contributed by atoms with Gasteiger partial charge in [0.15, 0.2) is 0 Å². The predicted molar refractivity (Wildman–Crippen MR) is 57.6 cm³/mol. The Bertz CT molecular complexity index is 262. The van der Waals surface area contributed by atoms with E-state index >= 15 is 0 Å². The fraction of sp³-hybridized carbons (Fsp3) is 1.00. The maximum absolute atomic E-state index is 5.93. The van der Waals surface area contributed by atoms with E-state index in [0.29, 0.717) is 12.6 Å². The molecule has 1 aliphatic carbocycles. The first kappa shape index (κ1) is 10.1. The van der Waals surface area contributed by atoms with Gasteiger partial charge in [-0.1, -0.05) is 0 Å². The third-order valence-electron chi connectivity index (χ3n) is 3.85. The lowest BCUT2D eigenvalue weighted by molar-refractivity contribution is -0.113. The Balaban J connectivity index is 1.70. The van der Waals surface area contributed by atoms with Crippen LogP contribution in [0.3, 0.4) is 0 Å². The van der Waals surface area contributed by atoms with Crippen LogP contribution in [-0.2, 0) is 9.47 Å². The second kappa shape index (κ2) is 3.19. The maximum Gasteiger partial charge on any atom is 0.145 e. The molecule has 15 heavy (non-hydrogen) atoms.